The highest BCUT2D eigenvalue weighted by Gasteiger charge is 2.29. The van der Waals surface area contributed by atoms with Gasteiger partial charge in [-0.25, -0.2) is 0 Å². The van der Waals surface area contributed by atoms with Crippen molar-refractivity contribution in [3.8, 4) is 5.75 Å². The minimum Gasteiger partial charge on any atom is -0.489 e. The van der Waals surface area contributed by atoms with E-state index < -0.39 is 6.04 Å². The summed E-state index contributed by atoms with van der Waals surface area (Å²) in [4.78, 5) is 33.6. The third kappa shape index (κ3) is 11.6. The van der Waals surface area contributed by atoms with Crippen LogP contribution in [0, 0.1) is 11.8 Å². The smallest absolute Gasteiger partial charge is 0.242 e. The van der Waals surface area contributed by atoms with E-state index in [0.717, 1.165) is 42.0 Å². The van der Waals surface area contributed by atoms with Crippen LogP contribution in [0.2, 0.25) is 0 Å². The monoisotopic (exact) mass is 572 g/mol. The first kappa shape index (κ1) is 32.8. The zero-order chi connectivity index (χ0) is 30.3. The lowest BCUT2D eigenvalue weighted by molar-refractivity contribution is -0.132. The van der Waals surface area contributed by atoms with Gasteiger partial charge in [-0.05, 0) is 73.7 Å². The fraction of sp³-hybridized carbons (Fsp3) is 0.457. The molecule has 0 radical (unpaired) electrons. The summed E-state index contributed by atoms with van der Waals surface area (Å²) in [5.74, 6) is 1.34. The van der Waals surface area contributed by atoms with Crippen LogP contribution in [0.25, 0.3) is 0 Å². The van der Waals surface area contributed by atoms with E-state index in [2.05, 4.69) is 48.2 Å². The van der Waals surface area contributed by atoms with Crippen LogP contribution in [0.3, 0.4) is 0 Å². The predicted molar refractivity (Wildman–Crippen MR) is 169 cm³/mol. The molecule has 7 heteroatoms. The highest BCUT2D eigenvalue weighted by molar-refractivity contribution is 5.90. The lowest BCUT2D eigenvalue weighted by Crippen LogP contribution is -2.54. The number of ether oxygens (including phenoxy) is 1. The van der Waals surface area contributed by atoms with Crippen molar-refractivity contribution in [2.24, 2.45) is 11.8 Å². The van der Waals surface area contributed by atoms with Crippen molar-refractivity contribution < 1.29 is 14.3 Å². The van der Waals surface area contributed by atoms with E-state index in [1.165, 1.54) is 0 Å². The first-order chi connectivity index (χ1) is 20.2. The summed E-state index contributed by atoms with van der Waals surface area (Å²) < 4.78 is 5.93. The first-order valence-corrected chi connectivity index (χ1v) is 15.1. The topological polar surface area (TPSA) is 83.6 Å². The van der Waals surface area contributed by atoms with Gasteiger partial charge in [-0.15, -0.1) is 0 Å². The molecule has 226 valence electrons. The van der Waals surface area contributed by atoms with Crippen LogP contribution in [0.1, 0.15) is 57.4 Å². The maximum absolute atomic E-state index is 13.7. The van der Waals surface area contributed by atoms with Gasteiger partial charge in [0.25, 0.3) is 0 Å². The van der Waals surface area contributed by atoms with Gasteiger partial charge in [-0.1, -0.05) is 76.2 Å². The van der Waals surface area contributed by atoms with E-state index in [1.807, 2.05) is 79.8 Å². The van der Waals surface area contributed by atoms with Gasteiger partial charge >= 0.3 is 0 Å². The Labute approximate surface area is 252 Å². The Bertz CT molecular complexity index is 1200. The lowest BCUT2D eigenvalue weighted by Gasteiger charge is -2.30. The Kier molecular flexibility index (Phi) is 13.5. The molecule has 0 bridgehead atoms. The number of carbonyl (C=O) groups excluding carboxylic acids is 2. The summed E-state index contributed by atoms with van der Waals surface area (Å²) in [7, 11) is 2.01. The third-order valence-corrected chi connectivity index (χ3v) is 7.24. The second kappa shape index (κ2) is 17.3. The molecule has 0 aliphatic heterocycles. The molecule has 0 saturated carbocycles. The molecule has 2 N–H and O–H groups in total. The van der Waals surface area contributed by atoms with Gasteiger partial charge in [0, 0.05) is 31.3 Å². The number of likely N-dealkylation sites (N-methyl/N-ethyl adjacent to an activating group) is 1. The first-order valence-electron chi connectivity index (χ1n) is 15.1. The lowest BCUT2D eigenvalue weighted by atomic mass is 9.99. The van der Waals surface area contributed by atoms with Gasteiger partial charge in [0.05, 0.1) is 6.04 Å². The predicted octanol–water partition coefficient (Wildman–Crippen LogP) is 5.44. The van der Waals surface area contributed by atoms with Gasteiger partial charge in [-0.3, -0.25) is 19.5 Å². The number of nitrogens with one attached hydrogen (secondary N) is 2. The Morgan fingerprint density at radius 2 is 1.57 bits per heavy atom. The van der Waals surface area contributed by atoms with Crippen LogP contribution in [0.5, 0.6) is 5.75 Å². The van der Waals surface area contributed by atoms with Crippen LogP contribution in [-0.4, -0.2) is 53.9 Å². The van der Waals surface area contributed by atoms with E-state index in [1.54, 1.807) is 6.20 Å². The summed E-state index contributed by atoms with van der Waals surface area (Å²) in [6, 6.07) is 22.5. The second-order valence-electron chi connectivity index (χ2n) is 11.9. The highest BCUT2D eigenvalue weighted by Crippen LogP contribution is 2.17. The normalized spacial score (nSPS) is 12.8. The molecule has 7 nitrogen and oxygen atoms in total. The van der Waals surface area contributed by atoms with Gasteiger partial charge in [-0.2, -0.15) is 0 Å². The van der Waals surface area contributed by atoms with Crippen molar-refractivity contribution in [2.45, 2.75) is 72.1 Å². The van der Waals surface area contributed by atoms with Crippen molar-refractivity contribution in [1.29, 1.82) is 0 Å². The number of pyridine rings is 1. The fourth-order valence-electron chi connectivity index (χ4n) is 4.71. The molecule has 2 atom stereocenters. The maximum Gasteiger partial charge on any atom is 0.242 e. The minimum atomic E-state index is -0.703. The van der Waals surface area contributed by atoms with Gasteiger partial charge in [0.15, 0.2) is 0 Å². The molecule has 0 fully saturated rings. The maximum atomic E-state index is 13.7. The van der Waals surface area contributed by atoms with Crippen LogP contribution in [-0.2, 0) is 29.0 Å². The summed E-state index contributed by atoms with van der Waals surface area (Å²) in [6.07, 6.45) is 4.48. The molecule has 0 aliphatic rings. The summed E-state index contributed by atoms with van der Waals surface area (Å²) in [6.45, 7) is 10.4. The number of hydrogen-bond donors (Lipinski definition) is 2. The number of hydrogen-bond acceptors (Lipinski definition) is 5. The van der Waals surface area contributed by atoms with E-state index in [4.69, 9.17) is 4.74 Å². The molecule has 1 heterocycles. The van der Waals surface area contributed by atoms with Crippen molar-refractivity contribution >= 4 is 11.8 Å². The number of amides is 2. The van der Waals surface area contributed by atoms with Crippen molar-refractivity contribution in [3.05, 3.63) is 95.8 Å². The Morgan fingerprint density at radius 3 is 2.21 bits per heavy atom. The molecule has 3 aromatic rings. The standard InChI is InChI=1S/C35H48N4O3/c1-26(2)19-22-39(5)33(23-27(3)4)35(41)38-32(34(40)37-21-18-30-13-9-10-20-36-30)24-28-14-16-31(17-15-28)42-25-29-11-7-6-8-12-29/h6-17,20,26-27,32-33H,18-19,21-25H2,1-5H3,(H,37,40)(H,38,41)/t32-,33-/m0/s1. The Balaban J connectivity index is 1.69. The molecule has 0 saturated heterocycles. The summed E-state index contributed by atoms with van der Waals surface area (Å²) >= 11 is 0. The minimum absolute atomic E-state index is 0.109. The fourth-order valence-corrected chi connectivity index (χ4v) is 4.71. The molecular formula is C35H48N4O3. The number of nitrogens with zero attached hydrogens (tertiary/aromatic N) is 2. The Hall–Kier alpha value is -3.71. The zero-order valence-electron chi connectivity index (χ0n) is 25.9. The molecule has 2 aromatic carbocycles. The third-order valence-electron chi connectivity index (χ3n) is 7.24. The number of rotatable bonds is 17. The van der Waals surface area contributed by atoms with Crippen LogP contribution >= 0.6 is 0 Å². The molecule has 1 aromatic heterocycles. The number of benzene rings is 2. The van der Waals surface area contributed by atoms with Crippen molar-refractivity contribution in [2.75, 3.05) is 20.1 Å². The van der Waals surface area contributed by atoms with Crippen LogP contribution in [0.15, 0.2) is 79.0 Å². The van der Waals surface area contributed by atoms with E-state index in [0.29, 0.717) is 37.8 Å². The zero-order valence-corrected chi connectivity index (χ0v) is 25.9. The van der Waals surface area contributed by atoms with Crippen LogP contribution < -0.4 is 15.4 Å². The number of aromatic nitrogens is 1. The summed E-state index contributed by atoms with van der Waals surface area (Å²) in [5, 5.41) is 6.13. The molecule has 42 heavy (non-hydrogen) atoms. The van der Waals surface area contributed by atoms with Crippen molar-refractivity contribution in [3.63, 3.8) is 0 Å². The second-order valence-corrected chi connectivity index (χ2v) is 11.9. The Morgan fingerprint density at radius 1 is 0.857 bits per heavy atom. The quantitative estimate of drug-likeness (QED) is 0.225. The van der Waals surface area contributed by atoms with E-state index in [9.17, 15) is 9.59 Å². The van der Waals surface area contributed by atoms with Gasteiger partial charge < -0.3 is 15.4 Å². The molecule has 3 rings (SSSR count). The SMILES string of the molecule is CC(C)CCN(C)[C@@H](CC(C)C)C(=O)N[C@@H](Cc1ccc(OCc2ccccc2)cc1)C(=O)NCCc1ccccn1. The van der Waals surface area contributed by atoms with Crippen LogP contribution in [0.4, 0.5) is 0 Å². The average Bonchev–Trinajstić information content (AvgIpc) is 2.98. The largest absolute Gasteiger partial charge is 0.489 e. The molecule has 0 aliphatic carbocycles. The highest BCUT2D eigenvalue weighted by atomic mass is 16.5. The average molecular weight is 573 g/mol. The molecule has 2 amide bonds. The summed E-state index contributed by atoms with van der Waals surface area (Å²) in [5.41, 5.74) is 2.95. The molecular weight excluding hydrogens is 524 g/mol. The van der Waals surface area contributed by atoms with Gasteiger partial charge in [0.2, 0.25) is 11.8 Å². The molecule has 0 unspecified atom stereocenters. The number of carbonyl (C=O) groups is 2. The van der Waals surface area contributed by atoms with E-state index >= 15 is 0 Å². The van der Waals surface area contributed by atoms with Gasteiger partial charge in [0.1, 0.15) is 18.4 Å². The van der Waals surface area contributed by atoms with Crippen molar-refractivity contribution in [1.82, 2.24) is 20.5 Å². The molecule has 0 spiro atoms. The van der Waals surface area contributed by atoms with E-state index in [-0.39, 0.29) is 17.9 Å².